The lowest BCUT2D eigenvalue weighted by atomic mass is 9.78. The van der Waals surface area contributed by atoms with Crippen LogP contribution < -0.4 is 10.2 Å². The fourth-order valence-corrected chi connectivity index (χ4v) is 2.82. The van der Waals surface area contributed by atoms with E-state index in [9.17, 15) is 9.65 Å². The monoisotopic (exact) mass is 367 g/mol. The maximum Gasteiger partial charge on any atom is 0.494 e. The summed E-state index contributed by atoms with van der Waals surface area (Å²) in [6.45, 7) is 8.36. The molecule has 1 heterocycles. The number of rotatable bonds is 5. The van der Waals surface area contributed by atoms with Crippen LogP contribution in [0.25, 0.3) is 0 Å². The molecule has 1 fully saturated rings. The molecule has 0 amide bonds. The molecule has 0 unspecified atom stereocenters. The lowest BCUT2D eigenvalue weighted by Gasteiger charge is -2.32. The predicted octanol–water partition coefficient (Wildman–Crippen LogP) is 3.62. The van der Waals surface area contributed by atoms with Crippen molar-refractivity contribution in [2.75, 3.05) is 6.61 Å². The molecule has 4 nitrogen and oxygen atoms in total. The molecule has 1 saturated heterocycles. The highest BCUT2D eigenvalue weighted by atomic mass is 19.1. The highest BCUT2D eigenvalue weighted by molar-refractivity contribution is 6.62. The molecule has 1 aliphatic rings. The fraction of sp³-hybridized carbons (Fsp3) is 0.381. The second kappa shape index (κ2) is 7.34. The van der Waals surface area contributed by atoms with Crippen LogP contribution in [-0.2, 0) is 15.7 Å². The van der Waals surface area contributed by atoms with Crippen molar-refractivity contribution in [2.24, 2.45) is 0 Å². The van der Waals surface area contributed by atoms with Gasteiger partial charge in [0.25, 0.3) is 0 Å². The van der Waals surface area contributed by atoms with E-state index in [4.69, 9.17) is 14.0 Å². The summed E-state index contributed by atoms with van der Waals surface area (Å²) in [5, 5.41) is 9.48. The van der Waals surface area contributed by atoms with Crippen LogP contribution >= 0.6 is 0 Å². The average Bonchev–Trinajstić information content (AvgIpc) is 2.84. The number of halogens is 1. The highest BCUT2D eigenvalue weighted by Crippen LogP contribution is 2.36. The largest absolute Gasteiger partial charge is 0.494 e. The van der Waals surface area contributed by atoms with Crippen molar-refractivity contribution in [3.8, 4) is 11.8 Å². The van der Waals surface area contributed by atoms with Gasteiger partial charge in [-0.2, -0.15) is 5.26 Å². The van der Waals surface area contributed by atoms with Crippen LogP contribution in [0.15, 0.2) is 42.5 Å². The first kappa shape index (κ1) is 19.4. The number of hydrogen-bond donors (Lipinski definition) is 0. The zero-order valence-corrected chi connectivity index (χ0v) is 16.1. The van der Waals surface area contributed by atoms with Gasteiger partial charge in [0.1, 0.15) is 17.6 Å². The van der Waals surface area contributed by atoms with Crippen LogP contribution in [0.3, 0.4) is 0 Å². The molecular formula is C21H23BFNO3. The molecule has 0 saturated carbocycles. The number of ether oxygens (including phenoxy) is 1. The Labute approximate surface area is 160 Å². The van der Waals surface area contributed by atoms with Crippen LogP contribution in [0.4, 0.5) is 4.39 Å². The Morgan fingerprint density at radius 2 is 1.67 bits per heavy atom. The summed E-state index contributed by atoms with van der Waals surface area (Å²) in [4.78, 5) is 0. The van der Waals surface area contributed by atoms with Crippen LogP contribution in [-0.4, -0.2) is 24.9 Å². The summed E-state index contributed by atoms with van der Waals surface area (Å²) in [5.74, 6) is 0.254. The topological polar surface area (TPSA) is 51.5 Å². The number of nitriles is 1. The standard InChI is InChI=1S/C21H23BFNO3/c1-20(2)21(3,4)27-22(26-20)17-7-10-19(16(13-17)14-24)25-12-11-15-5-8-18(23)9-6-15/h5-10,13H,11-12H2,1-4H3. The van der Waals surface area contributed by atoms with Crippen molar-refractivity contribution in [1.29, 1.82) is 5.26 Å². The van der Waals surface area contributed by atoms with Crippen molar-refractivity contribution in [2.45, 2.75) is 45.3 Å². The molecule has 0 atom stereocenters. The fourth-order valence-electron chi connectivity index (χ4n) is 2.82. The molecule has 1 aliphatic heterocycles. The first-order valence-electron chi connectivity index (χ1n) is 8.99. The summed E-state index contributed by atoms with van der Waals surface area (Å²) in [6.07, 6.45) is 0.629. The van der Waals surface area contributed by atoms with Gasteiger partial charge in [0.05, 0.1) is 23.4 Å². The lowest BCUT2D eigenvalue weighted by Crippen LogP contribution is -2.41. The molecule has 0 N–H and O–H groups in total. The minimum atomic E-state index is -0.518. The Balaban J connectivity index is 1.68. The molecule has 27 heavy (non-hydrogen) atoms. The van der Waals surface area contributed by atoms with Crippen molar-refractivity contribution in [1.82, 2.24) is 0 Å². The van der Waals surface area contributed by atoms with Crippen molar-refractivity contribution < 1.29 is 18.4 Å². The Morgan fingerprint density at radius 1 is 1.04 bits per heavy atom. The van der Waals surface area contributed by atoms with Gasteiger partial charge in [-0.15, -0.1) is 0 Å². The Morgan fingerprint density at radius 3 is 2.26 bits per heavy atom. The molecule has 2 aromatic rings. The third kappa shape index (κ3) is 4.15. The van der Waals surface area contributed by atoms with Gasteiger partial charge in [-0.3, -0.25) is 0 Å². The van der Waals surface area contributed by atoms with Gasteiger partial charge in [-0.05, 0) is 63.0 Å². The lowest BCUT2D eigenvalue weighted by molar-refractivity contribution is 0.00578. The smallest absolute Gasteiger partial charge is 0.492 e. The third-order valence-corrected chi connectivity index (χ3v) is 5.21. The van der Waals surface area contributed by atoms with E-state index in [1.54, 1.807) is 24.3 Å². The second-order valence-electron chi connectivity index (χ2n) is 7.68. The van der Waals surface area contributed by atoms with E-state index in [-0.39, 0.29) is 5.82 Å². The predicted molar refractivity (Wildman–Crippen MR) is 102 cm³/mol. The maximum atomic E-state index is 12.9. The van der Waals surface area contributed by atoms with Crippen LogP contribution in [0.1, 0.15) is 38.8 Å². The molecule has 3 rings (SSSR count). The average molecular weight is 367 g/mol. The van der Waals surface area contributed by atoms with Gasteiger partial charge < -0.3 is 14.0 Å². The normalized spacial score (nSPS) is 17.6. The summed E-state index contributed by atoms with van der Waals surface area (Å²) in [7, 11) is -0.518. The van der Waals surface area contributed by atoms with Gasteiger partial charge in [-0.25, -0.2) is 4.39 Å². The van der Waals surface area contributed by atoms with Gasteiger partial charge >= 0.3 is 7.12 Å². The molecule has 140 valence electrons. The summed E-state index contributed by atoms with van der Waals surface area (Å²) < 4.78 is 30.8. The molecule has 0 aromatic heterocycles. The molecule has 0 bridgehead atoms. The number of benzene rings is 2. The van der Waals surface area contributed by atoms with E-state index >= 15 is 0 Å². The number of nitrogens with zero attached hydrogens (tertiary/aromatic N) is 1. The van der Waals surface area contributed by atoms with Crippen molar-refractivity contribution in [3.05, 3.63) is 59.4 Å². The molecular weight excluding hydrogens is 344 g/mol. The maximum absolute atomic E-state index is 12.9. The summed E-state index contributed by atoms with van der Waals surface area (Å²) in [6, 6.07) is 13.8. The minimum Gasteiger partial charge on any atom is -0.492 e. The zero-order chi connectivity index (χ0) is 19.7. The van der Waals surface area contributed by atoms with Gasteiger partial charge in [0, 0.05) is 6.42 Å². The Kier molecular flexibility index (Phi) is 5.28. The Hall–Kier alpha value is -2.36. The SMILES string of the molecule is CC1(C)OB(c2ccc(OCCc3ccc(F)cc3)c(C#N)c2)OC1(C)C. The van der Waals surface area contributed by atoms with Gasteiger partial charge in [0.2, 0.25) is 0 Å². The van der Waals surface area contributed by atoms with E-state index in [1.807, 2.05) is 33.8 Å². The van der Waals surface area contributed by atoms with E-state index in [2.05, 4.69) is 6.07 Å². The molecule has 0 radical (unpaired) electrons. The molecule has 0 aliphatic carbocycles. The molecule has 2 aromatic carbocycles. The minimum absolute atomic E-state index is 0.260. The van der Waals surface area contributed by atoms with E-state index in [0.29, 0.717) is 24.3 Å². The third-order valence-electron chi connectivity index (χ3n) is 5.21. The number of hydrogen-bond acceptors (Lipinski definition) is 4. The first-order chi connectivity index (χ1) is 12.7. The summed E-state index contributed by atoms with van der Waals surface area (Å²) in [5.41, 5.74) is 1.32. The van der Waals surface area contributed by atoms with Crippen LogP contribution in [0.2, 0.25) is 0 Å². The Bertz CT molecular complexity index is 843. The van der Waals surface area contributed by atoms with E-state index in [0.717, 1.165) is 11.0 Å². The summed E-state index contributed by atoms with van der Waals surface area (Å²) >= 11 is 0. The van der Waals surface area contributed by atoms with E-state index < -0.39 is 18.3 Å². The van der Waals surface area contributed by atoms with Gasteiger partial charge in [0.15, 0.2) is 0 Å². The first-order valence-corrected chi connectivity index (χ1v) is 8.99. The highest BCUT2D eigenvalue weighted by Gasteiger charge is 2.51. The quantitative estimate of drug-likeness (QED) is 0.758. The van der Waals surface area contributed by atoms with Crippen LogP contribution in [0, 0.1) is 17.1 Å². The molecule has 6 heteroatoms. The van der Waals surface area contributed by atoms with Crippen LogP contribution in [0.5, 0.6) is 5.75 Å². The molecule has 0 spiro atoms. The zero-order valence-electron chi connectivity index (χ0n) is 16.1. The van der Waals surface area contributed by atoms with E-state index in [1.165, 1.54) is 12.1 Å². The van der Waals surface area contributed by atoms with Crippen molar-refractivity contribution >= 4 is 12.6 Å². The van der Waals surface area contributed by atoms with Crippen molar-refractivity contribution in [3.63, 3.8) is 0 Å². The second-order valence-corrected chi connectivity index (χ2v) is 7.68. The van der Waals surface area contributed by atoms with Gasteiger partial charge in [-0.1, -0.05) is 18.2 Å².